The van der Waals surface area contributed by atoms with E-state index >= 15 is 0 Å². The average molecular weight is 291 g/mol. The van der Waals surface area contributed by atoms with Gasteiger partial charge in [0.25, 0.3) is 0 Å². The molecule has 1 fully saturated rings. The zero-order chi connectivity index (χ0) is 13.9. The van der Waals surface area contributed by atoms with Crippen molar-refractivity contribution in [2.75, 3.05) is 18.6 Å². The van der Waals surface area contributed by atoms with Crippen LogP contribution in [-0.2, 0) is 0 Å². The fraction of sp³-hybridized carbons (Fsp3) is 0.500. The molecule has 1 aromatic carbocycles. The highest BCUT2D eigenvalue weighted by Crippen LogP contribution is 2.31. The highest BCUT2D eigenvalue weighted by Gasteiger charge is 2.19. The number of methoxy groups -OCH3 is 1. The molecule has 0 saturated carbocycles. The maximum absolute atomic E-state index is 6.00. The molecule has 3 nitrogen and oxygen atoms in total. The van der Waals surface area contributed by atoms with Crippen LogP contribution in [0.2, 0.25) is 0 Å². The van der Waals surface area contributed by atoms with Crippen molar-refractivity contribution >= 4 is 22.7 Å². The van der Waals surface area contributed by atoms with E-state index in [9.17, 15) is 0 Å². The number of furan rings is 1. The van der Waals surface area contributed by atoms with Crippen molar-refractivity contribution in [3.63, 3.8) is 0 Å². The van der Waals surface area contributed by atoms with Crippen LogP contribution in [0.5, 0.6) is 5.75 Å². The van der Waals surface area contributed by atoms with Gasteiger partial charge >= 0.3 is 0 Å². The van der Waals surface area contributed by atoms with E-state index in [1.165, 1.54) is 24.3 Å². The van der Waals surface area contributed by atoms with Gasteiger partial charge in [-0.3, -0.25) is 0 Å². The molecule has 20 heavy (non-hydrogen) atoms. The molecule has 1 aliphatic rings. The summed E-state index contributed by atoms with van der Waals surface area (Å²) in [6.45, 7) is 2.17. The van der Waals surface area contributed by atoms with E-state index < -0.39 is 0 Å². The van der Waals surface area contributed by atoms with Crippen molar-refractivity contribution in [3.8, 4) is 5.75 Å². The molecular formula is C16H21NO2S. The van der Waals surface area contributed by atoms with Crippen LogP contribution in [-0.4, -0.2) is 24.7 Å². The number of fused-ring (bicyclic) bond motifs is 1. The quantitative estimate of drug-likeness (QED) is 0.923. The number of rotatable bonds is 4. The van der Waals surface area contributed by atoms with Crippen LogP contribution in [0.4, 0.5) is 0 Å². The number of hydrogen-bond donors (Lipinski definition) is 1. The molecule has 2 heterocycles. The molecule has 0 spiro atoms. The molecule has 0 amide bonds. The van der Waals surface area contributed by atoms with Crippen LogP contribution >= 0.6 is 11.8 Å². The summed E-state index contributed by atoms with van der Waals surface area (Å²) in [6, 6.07) is 8.96. The second-order valence-electron chi connectivity index (χ2n) is 5.30. The lowest BCUT2D eigenvalue weighted by Crippen LogP contribution is -2.34. The maximum atomic E-state index is 6.00. The number of para-hydroxylation sites is 1. The molecule has 108 valence electrons. The highest BCUT2D eigenvalue weighted by atomic mass is 32.2. The first-order chi connectivity index (χ1) is 9.78. The second-order valence-corrected chi connectivity index (χ2v) is 6.53. The summed E-state index contributed by atoms with van der Waals surface area (Å²) in [5.41, 5.74) is 0.845. The van der Waals surface area contributed by atoms with Crippen LogP contribution < -0.4 is 10.1 Å². The smallest absolute Gasteiger partial charge is 0.176 e. The standard InChI is InChI=1S/C16H21NO2S/c1-11(17-13-6-8-20-9-7-13)15-10-12-4-3-5-14(18-2)16(12)19-15/h3-5,10-11,13,17H,6-9H2,1-2H3. The Kier molecular flexibility index (Phi) is 4.22. The molecule has 1 saturated heterocycles. The van der Waals surface area contributed by atoms with Gasteiger partial charge in [-0.05, 0) is 43.4 Å². The zero-order valence-corrected chi connectivity index (χ0v) is 12.8. The summed E-state index contributed by atoms with van der Waals surface area (Å²) < 4.78 is 11.4. The van der Waals surface area contributed by atoms with E-state index in [0.29, 0.717) is 6.04 Å². The predicted octanol–water partition coefficient (Wildman–Crippen LogP) is 3.99. The molecule has 1 aromatic heterocycles. The Morgan fingerprint density at radius 1 is 1.35 bits per heavy atom. The number of nitrogens with one attached hydrogen (secondary N) is 1. The van der Waals surface area contributed by atoms with Gasteiger partial charge in [-0.1, -0.05) is 12.1 Å². The third-order valence-corrected chi connectivity index (χ3v) is 4.93. The van der Waals surface area contributed by atoms with Crippen molar-refractivity contribution in [1.29, 1.82) is 0 Å². The molecule has 2 aromatic rings. The van der Waals surface area contributed by atoms with Crippen molar-refractivity contribution in [1.82, 2.24) is 5.32 Å². The molecule has 0 aliphatic carbocycles. The van der Waals surface area contributed by atoms with Crippen LogP contribution in [0.15, 0.2) is 28.7 Å². The fourth-order valence-electron chi connectivity index (χ4n) is 2.73. The average Bonchev–Trinajstić information content (AvgIpc) is 2.92. The monoisotopic (exact) mass is 291 g/mol. The Hall–Kier alpha value is -1.13. The molecule has 4 heteroatoms. The highest BCUT2D eigenvalue weighted by molar-refractivity contribution is 7.99. The summed E-state index contributed by atoms with van der Waals surface area (Å²) in [4.78, 5) is 0. The van der Waals surface area contributed by atoms with E-state index in [1.54, 1.807) is 7.11 Å². The van der Waals surface area contributed by atoms with Gasteiger partial charge in [0.05, 0.1) is 13.2 Å². The van der Waals surface area contributed by atoms with Gasteiger partial charge in [0, 0.05) is 11.4 Å². The van der Waals surface area contributed by atoms with Gasteiger partial charge in [0.1, 0.15) is 5.76 Å². The molecule has 1 aliphatic heterocycles. The van der Waals surface area contributed by atoms with Gasteiger partial charge in [-0.15, -0.1) is 0 Å². The predicted molar refractivity (Wildman–Crippen MR) is 84.7 cm³/mol. The number of ether oxygens (including phenoxy) is 1. The van der Waals surface area contributed by atoms with Crippen molar-refractivity contribution < 1.29 is 9.15 Å². The normalized spacial score (nSPS) is 18.3. The van der Waals surface area contributed by atoms with Crippen LogP contribution in [0.1, 0.15) is 31.6 Å². The number of hydrogen-bond acceptors (Lipinski definition) is 4. The minimum Gasteiger partial charge on any atom is -0.493 e. The lowest BCUT2D eigenvalue weighted by Gasteiger charge is -2.25. The number of benzene rings is 1. The van der Waals surface area contributed by atoms with Gasteiger partial charge in [0.2, 0.25) is 0 Å². The largest absolute Gasteiger partial charge is 0.493 e. The summed E-state index contributed by atoms with van der Waals surface area (Å²) >= 11 is 2.05. The summed E-state index contributed by atoms with van der Waals surface area (Å²) in [5.74, 6) is 4.31. The van der Waals surface area contributed by atoms with E-state index in [2.05, 4.69) is 36.1 Å². The van der Waals surface area contributed by atoms with Crippen molar-refractivity contribution in [3.05, 3.63) is 30.0 Å². The topological polar surface area (TPSA) is 34.4 Å². The lowest BCUT2D eigenvalue weighted by atomic mass is 10.1. The fourth-order valence-corrected chi connectivity index (χ4v) is 3.84. The first-order valence-corrected chi connectivity index (χ1v) is 8.33. The Morgan fingerprint density at radius 2 is 2.15 bits per heavy atom. The van der Waals surface area contributed by atoms with Gasteiger partial charge in [-0.25, -0.2) is 0 Å². The van der Waals surface area contributed by atoms with Crippen LogP contribution in [0, 0.1) is 0 Å². The van der Waals surface area contributed by atoms with E-state index in [4.69, 9.17) is 9.15 Å². The molecule has 0 bridgehead atoms. The number of thioether (sulfide) groups is 1. The molecule has 1 unspecified atom stereocenters. The van der Waals surface area contributed by atoms with E-state index in [-0.39, 0.29) is 6.04 Å². The van der Waals surface area contributed by atoms with Gasteiger partial charge in [0.15, 0.2) is 11.3 Å². The lowest BCUT2D eigenvalue weighted by molar-refractivity contribution is 0.375. The SMILES string of the molecule is COc1cccc2cc(C(C)NC3CCSCC3)oc12. The third-order valence-electron chi connectivity index (χ3n) is 3.88. The second kappa shape index (κ2) is 6.10. The van der Waals surface area contributed by atoms with Crippen molar-refractivity contribution in [2.45, 2.75) is 31.8 Å². The van der Waals surface area contributed by atoms with Crippen LogP contribution in [0.3, 0.4) is 0 Å². The first-order valence-electron chi connectivity index (χ1n) is 7.18. The summed E-state index contributed by atoms with van der Waals surface area (Å²) in [6.07, 6.45) is 2.50. The van der Waals surface area contributed by atoms with Gasteiger partial charge < -0.3 is 14.5 Å². The molecular weight excluding hydrogens is 270 g/mol. The Bertz CT molecular complexity index is 575. The van der Waals surface area contributed by atoms with E-state index in [0.717, 1.165) is 22.5 Å². The summed E-state index contributed by atoms with van der Waals surface area (Å²) in [5, 5.41) is 4.79. The Morgan fingerprint density at radius 3 is 2.90 bits per heavy atom. The van der Waals surface area contributed by atoms with Gasteiger partial charge in [-0.2, -0.15) is 11.8 Å². The third kappa shape index (κ3) is 2.81. The summed E-state index contributed by atoms with van der Waals surface area (Å²) in [7, 11) is 1.68. The van der Waals surface area contributed by atoms with E-state index in [1.807, 2.05) is 12.1 Å². The van der Waals surface area contributed by atoms with Crippen LogP contribution in [0.25, 0.3) is 11.0 Å². The zero-order valence-electron chi connectivity index (χ0n) is 12.0. The molecule has 1 N–H and O–H groups in total. The first kappa shape index (κ1) is 13.8. The van der Waals surface area contributed by atoms with Crippen molar-refractivity contribution in [2.24, 2.45) is 0 Å². The maximum Gasteiger partial charge on any atom is 0.176 e. The molecule has 0 radical (unpaired) electrons. The minimum atomic E-state index is 0.236. The molecule has 3 rings (SSSR count). The molecule has 1 atom stereocenters. The Labute approximate surface area is 124 Å². The Balaban J connectivity index is 1.78. The minimum absolute atomic E-state index is 0.236.